The summed E-state index contributed by atoms with van der Waals surface area (Å²) in [5, 5.41) is 10.7. The number of aromatic nitrogens is 4. The molecule has 1 N–H and O–H groups in total. The molecule has 2 aromatic heterocycles. The number of non-ortho nitro benzene ring substituents is 1. The lowest BCUT2D eigenvalue weighted by atomic mass is 10.3. The van der Waals surface area contributed by atoms with Gasteiger partial charge in [-0.2, -0.15) is 4.98 Å². The lowest BCUT2D eigenvalue weighted by Gasteiger charge is -2.06. The second-order valence-electron chi connectivity index (χ2n) is 5.57. The van der Waals surface area contributed by atoms with Crippen molar-refractivity contribution in [3.05, 3.63) is 51.1 Å². The molecular weight excluding hydrogens is 378 g/mol. The lowest BCUT2D eigenvalue weighted by Crippen LogP contribution is -2.15. The maximum Gasteiger partial charge on any atom is 0.280 e. The number of aliphatic imine (C=N–C) groups is 1. The Kier molecular flexibility index (Phi) is 4.45. The van der Waals surface area contributed by atoms with E-state index in [9.17, 15) is 23.3 Å². The first-order chi connectivity index (χ1) is 12.7. The molecule has 0 spiro atoms. The Morgan fingerprint density at radius 2 is 1.96 bits per heavy atom. The Labute approximate surface area is 152 Å². The van der Waals surface area contributed by atoms with Crippen molar-refractivity contribution in [2.45, 2.75) is 4.90 Å². The molecular formula is C14H13N7O5S. The van der Waals surface area contributed by atoms with Gasteiger partial charge in [-0.05, 0) is 12.1 Å². The third kappa shape index (κ3) is 3.39. The van der Waals surface area contributed by atoms with E-state index in [1.807, 2.05) is 0 Å². The van der Waals surface area contributed by atoms with Gasteiger partial charge in [0.2, 0.25) is 5.95 Å². The molecule has 0 aliphatic heterocycles. The van der Waals surface area contributed by atoms with Crippen molar-refractivity contribution < 1.29 is 13.3 Å². The van der Waals surface area contributed by atoms with E-state index in [2.05, 4.69) is 19.9 Å². The predicted octanol–water partition coefficient (Wildman–Crippen LogP) is 0.486. The smallest absolute Gasteiger partial charge is 0.280 e. The third-order valence-electron chi connectivity index (χ3n) is 3.38. The van der Waals surface area contributed by atoms with Crippen LogP contribution >= 0.6 is 0 Å². The Morgan fingerprint density at radius 1 is 1.30 bits per heavy atom. The van der Waals surface area contributed by atoms with Crippen molar-refractivity contribution in [1.29, 1.82) is 0 Å². The van der Waals surface area contributed by atoms with Crippen LogP contribution in [-0.2, 0) is 10.0 Å². The zero-order valence-corrected chi connectivity index (χ0v) is 14.9. The molecule has 0 amide bonds. The van der Waals surface area contributed by atoms with Gasteiger partial charge in [0.25, 0.3) is 21.3 Å². The Bertz CT molecular complexity index is 1210. The molecule has 1 aromatic carbocycles. The first-order valence-electron chi connectivity index (χ1n) is 7.38. The molecule has 0 radical (unpaired) electrons. The zero-order valence-electron chi connectivity index (χ0n) is 14.1. The van der Waals surface area contributed by atoms with Crippen LogP contribution in [0.4, 0.5) is 11.6 Å². The van der Waals surface area contributed by atoms with Crippen molar-refractivity contribution >= 4 is 39.2 Å². The number of hydrogen-bond acceptors (Lipinski definition) is 8. The summed E-state index contributed by atoms with van der Waals surface area (Å²) in [5.41, 5.74) is -1.28. The molecule has 2 heterocycles. The minimum atomic E-state index is -4.18. The summed E-state index contributed by atoms with van der Waals surface area (Å²) in [6, 6.07) is 4.33. The number of aromatic amines is 1. The number of fused-ring (bicyclic) bond motifs is 1. The van der Waals surface area contributed by atoms with Crippen LogP contribution in [0.25, 0.3) is 11.2 Å². The topological polar surface area (TPSA) is 156 Å². The summed E-state index contributed by atoms with van der Waals surface area (Å²) in [4.78, 5) is 37.8. The van der Waals surface area contributed by atoms with Crippen molar-refractivity contribution in [1.82, 2.24) is 23.8 Å². The summed E-state index contributed by atoms with van der Waals surface area (Å²) in [6.45, 7) is 0. The highest BCUT2D eigenvalue weighted by molar-refractivity contribution is 7.90. The van der Waals surface area contributed by atoms with Gasteiger partial charge in [-0.3, -0.25) is 19.9 Å². The largest absolute Gasteiger partial charge is 0.369 e. The first-order valence-corrected chi connectivity index (χ1v) is 8.82. The van der Waals surface area contributed by atoms with Crippen molar-refractivity contribution in [2.75, 3.05) is 14.1 Å². The third-order valence-corrected chi connectivity index (χ3v) is 5.03. The maximum atomic E-state index is 12.8. The van der Waals surface area contributed by atoms with Crippen LogP contribution in [0.5, 0.6) is 0 Å². The fraction of sp³-hybridized carbons (Fsp3) is 0.143. The van der Waals surface area contributed by atoms with Gasteiger partial charge in [0, 0.05) is 26.2 Å². The van der Waals surface area contributed by atoms with Crippen LogP contribution in [-0.4, -0.2) is 57.6 Å². The van der Waals surface area contributed by atoms with E-state index in [-0.39, 0.29) is 27.7 Å². The minimum absolute atomic E-state index is 0.0955. The highest BCUT2D eigenvalue weighted by atomic mass is 32.2. The van der Waals surface area contributed by atoms with E-state index < -0.39 is 20.5 Å². The molecule has 0 aliphatic carbocycles. The molecule has 12 nitrogen and oxygen atoms in total. The van der Waals surface area contributed by atoms with E-state index in [0.717, 1.165) is 34.6 Å². The summed E-state index contributed by atoms with van der Waals surface area (Å²) >= 11 is 0. The Morgan fingerprint density at radius 3 is 2.56 bits per heavy atom. The number of nitrogens with zero attached hydrogens (tertiary/aromatic N) is 6. The molecule has 3 aromatic rings. The standard InChI is InChI=1S/C14H13N7O5S/c1-19(2)7-16-14-17-12-11(13(22)18-14)15-8-20(12)27(25,26)10-5-3-9(4-6-10)21(23)24/h3-8H,1-2H3,(H,17,18,22)/b16-7+. The maximum absolute atomic E-state index is 12.8. The summed E-state index contributed by atoms with van der Waals surface area (Å²) in [7, 11) is -0.752. The van der Waals surface area contributed by atoms with Gasteiger partial charge in [-0.15, -0.1) is 0 Å². The second-order valence-corrected chi connectivity index (χ2v) is 7.38. The molecule has 0 atom stereocenters. The highest BCUT2D eigenvalue weighted by Crippen LogP contribution is 2.21. The van der Waals surface area contributed by atoms with Crippen LogP contribution in [0.15, 0.2) is 45.3 Å². The molecule has 0 saturated carbocycles. The Balaban J connectivity index is 2.15. The quantitative estimate of drug-likeness (QED) is 0.285. The van der Waals surface area contributed by atoms with E-state index >= 15 is 0 Å². The number of nitro groups is 1. The zero-order chi connectivity index (χ0) is 19.8. The number of nitro benzene ring substituents is 1. The average Bonchev–Trinajstić information content (AvgIpc) is 3.05. The number of imidazole rings is 1. The summed E-state index contributed by atoms with van der Waals surface area (Å²) < 4.78 is 26.4. The van der Waals surface area contributed by atoms with Crippen LogP contribution in [0, 0.1) is 10.1 Å². The van der Waals surface area contributed by atoms with Crippen molar-refractivity contribution in [2.24, 2.45) is 4.99 Å². The van der Waals surface area contributed by atoms with E-state index in [0.29, 0.717) is 0 Å². The number of rotatable bonds is 5. The van der Waals surface area contributed by atoms with Crippen LogP contribution in [0.2, 0.25) is 0 Å². The van der Waals surface area contributed by atoms with Crippen LogP contribution in [0.1, 0.15) is 0 Å². The number of nitrogens with one attached hydrogen (secondary N) is 1. The van der Waals surface area contributed by atoms with Gasteiger partial charge >= 0.3 is 0 Å². The fourth-order valence-corrected chi connectivity index (χ4v) is 3.37. The molecule has 13 heteroatoms. The molecule has 0 saturated heterocycles. The van der Waals surface area contributed by atoms with Gasteiger partial charge < -0.3 is 4.90 Å². The molecule has 0 unspecified atom stereocenters. The fourth-order valence-electron chi connectivity index (χ4n) is 2.14. The van der Waals surface area contributed by atoms with E-state index in [1.165, 1.54) is 6.34 Å². The monoisotopic (exact) mass is 391 g/mol. The van der Waals surface area contributed by atoms with Crippen LogP contribution < -0.4 is 5.56 Å². The number of benzene rings is 1. The van der Waals surface area contributed by atoms with Crippen molar-refractivity contribution in [3.8, 4) is 0 Å². The van der Waals surface area contributed by atoms with Gasteiger partial charge in [0.1, 0.15) is 6.33 Å². The van der Waals surface area contributed by atoms with E-state index in [4.69, 9.17) is 0 Å². The molecule has 0 aliphatic rings. The van der Waals surface area contributed by atoms with Gasteiger partial charge in [0.05, 0.1) is 16.2 Å². The molecule has 0 bridgehead atoms. The summed E-state index contributed by atoms with van der Waals surface area (Å²) in [6.07, 6.45) is 2.33. The van der Waals surface area contributed by atoms with Gasteiger partial charge in [-0.25, -0.2) is 22.4 Å². The highest BCUT2D eigenvalue weighted by Gasteiger charge is 2.23. The molecule has 3 rings (SSSR count). The number of hydrogen-bond donors (Lipinski definition) is 1. The summed E-state index contributed by atoms with van der Waals surface area (Å²) in [5.74, 6) is -0.0955. The van der Waals surface area contributed by atoms with Gasteiger partial charge in [0.15, 0.2) is 11.2 Å². The van der Waals surface area contributed by atoms with Crippen molar-refractivity contribution in [3.63, 3.8) is 0 Å². The number of H-pyrrole nitrogens is 1. The normalized spacial score (nSPS) is 11.9. The second kappa shape index (κ2) is 6.60. The Hall–Kier alpha value is -3.61. The van der Waals surface area contributed by atoms with E-state index in [1.54, 1.807) is 19.0 Å². The molecule has 27 heavy (non-hydrogen) atoms. The minimum Gasteiger partial charge on any atom is -0.369 e. The predicted molar refractivity (Wildman–Crippen MR) is 95.7 cm³/mol. The van der Waals surface area contributed by atoms with Gasteiger partial charge in [-0.1, -0.05) is 0 Å². The molecule has 0 fully saturated rings. The SMILES string of the molecule is CN(C)/C=N/c1nc2c(ncn2S(=O)(=O)c2ccc([N+](=O)[O-])cc2)c(=O)[nH]1. The first kappa shape index (κ1) is 18.2. The molecule has 140 valence electrons. The average molecular weight is 391 g/mol. The van der Waals surface area contributed by atoms with Crippen LogP contribution in [0.3, 0.4) is 0 Å². The lowest BCUT2D eigenvalue weighted by molar-refractivity contribution is -0.384.